The number of rotatable bonds is 3. The van der Waals surface area contributed by atoms with Gasteiger partial charge in [-0.05, 0) is 27.3 Å². The minimum Gasteiger partial charge on any atom is -0.325 e. The van der Waals surface area contributed by atoms with Crippen molar-refractivity contribution in [2.75, 3.05) is 18.6 Å². The van der Waals surface area contributed by atoms with Gasteiger partial charge in [-0.15, -0.1) is 0 Å². The number of nitrogens with zero attached hydrogens (tertiary/aromatic N) is 1. The monoisotopic (exact) mass is 234 g/mol. The van der Waals surface area contributed by atoms with Crippen LogP contribution in [0.5, 0.6) is 0 Å². The fraction of sp³-hybridized carbons (Fsp3) is 1.00. The third kappa shape index (κ3) is 2.71. The van der Waals surface area contributed by atoms with Gasteiger partial charge in [0.2, 0.25) is 0 Å². The Morgan fingerprint density at radius 1 is 1.40 bits per heavy atom. The van der Waals surface area contributed by atoms with E-state index in [1.54, 1.807) is 0 Å². The lowest BCUT2D eigenvalue weighted by molar-refractivity contribution is 0.101. The van der Waals surface area contributed by atoms with Crippen LogP contribution in [0.4, 0.5) is 0 Å². The molecular weight excluding hydrogens is 212 g/mol. The van der Waals surface area contributed by atoms with Crippen LogP contribution in [0.15, 0.2) is 0 Å². The molecule has 0 bridgehead atoms. The number of likely N-dealkylation sites (N-methyl/N-ethyl adjacent to an activating group) is 1. The molecule has 1 fully saturated rings. The van der Waals surface area contributed by atoms with Crippen molar-refractivity contribution < 1.29 is 8.42 Å². The summed E-state index contributed by atoms with van der Waals surface area (Å²) in [4.78, 5) is 2.11. The maximum atomic E-state index is 11.5. The Bertz CT molecular complexity index is 324. The summed E-state index contributed by atoms with van der Waals surface area (Å²) < 4.78 is 22.9. The molecule has 0 spiro atoms. The van der Waals surface area contributed by atoms with E-state index < -0.39 is 9.84 Å². The Morgan fingerprint density at radius 3 is 2.27 bits per heavy atom. The highest BCUT2D eigenvalue weighted by molar-refractivity contribution is 7.91. The van der Waals surface area contributed by atoms with Gasteiger partial charge < -0.3 is 5.73 Å². The Balaban J connectivity index is 2.82. The van der Waals surface area contributed by atoms with Gasteiger partial charge in [0.05, 0.1) is 11.5 Å². The molecule has 1 saturated heterocycles. The normalized spacial score (nSPS) is 31.1. The summed E-state index contributed by atoms with van der Waals surface area (Å²) in [7, 11) is -0.958. The average Bonchev–Trinajstić information content (AvgIpc) is 2.38. The first kappa shape index (κ1) is 12.9. The van der Waals surface area contributed by atoms with Crippen molar-refractivity contribution >= 4 is 9.84 Å². The second kappa shape index (κ2) is 4.03. The maximum Gasteiger partial charge on any atom is 0.153 e. The van der Waals surface area contributed by atoms with Gasteiger partial charge in [-0.3, -0.25) is 4.90 Å². The molecule has 90 valence electrons. The molecule has 4 nitrogen and oxygen atoms in total. The largest absolute Gasteiger partial charge is 0.325 e. The van der Waals surface area contributed by atoms with Crippen LogP contribution < -0.4 is 5.73 Å². The van der Waals surface area contributed by atoms with Crippen molar-refractivity contribution in [2.45, 2.75) is 44.8 Å². The van der Waals surface area contributed by atoms with E-state index in [0.717, 1.165) is 6.42 Å². The first-order valence-corrected chi connectivity index (χ1v) is 7.20. The number of hydrogen-bond acceptors (Lipinski definition) is 4. The second-order valence-corrected chi connectivity index (χ2v) is 7.24. The van der Waals surface area contributed by atoms with Crippen LogP contribution in [0.2, 0.25) is 0 Å². The Labute approximate surface area is 92.7 Å². The molecule has 5 heteroatoms. The van der Waals surface area contributed by atoms with Crippen molar-refractivity contribution in [2.24, 2.45) is 5.73 Å². The van der Waals surface area contributed by atoms with E-state index in [9.17, 15) is 8.42 Å². The lowest BCUT2D eigenvalue weighted by Crippen LogP contribution is -2.53. The summed E-state index contributed by atoms with van der Waals surface area (Å²) >= 11 is 0. The van der Waals surface area contributed by atoms with Gasteiger partial charge in [0.1, 0.15) is 0 Å². The SMILES string of the molecule is CCC(C)(C)N(C)C1CS(=O)(=O)CC1N. The first-order valence-electron chi connectivity index (χ1n) is 5.38. The molecule has 1 heterocycles. The average molecular weight is 234 g/mol. The summed E-state index contributed by atoms with van der Waals surface area (Å²) in [6, 6.07) is -0.282. The molecule has 0 radical (unpaired) electrons. The maximum absolute atomic E-state index is 11.5. The van der Waals surface area contributed by atoms with E-state index in [2.05, 4.69) is 25.7 Å². The summed E-state index contributed by atoms with van der Waals surface area (Å²) in [6.07, 6.45) is 0.979. The van der Waals surface area contributed by atoms with Gasteiger partial charge in [0, 0.05) is 17.6 Å². The molecule has 0 aromatic rings. The Kier molecular flexibility index (Phi) is 3.48. The minimum atomic E-state index is -2.92. The summed E-state index contributed by atoms with van der Waals surface area (Å²) in [5, 5.41) is 0. The second-order valence-electron chi connectivity index (χ2n) is 5.08. The first-order chi connectivity index (χ1) is 6.69. The molecule has 15 heavy (non-hydrogen) atoms. The lowest BCUT2D eigenvalue weighted by Gasteiger charge is -2.40. The van der Waals surface area contributed by atoms with E-state index in [-0.39, 0.29) is 29.1 Å². The van der Waals surface area contributed by atoms with Gasteiger partial charge in [0.25, 0.3) is 0 Å². The van der Waals surface area contributed by atoms with Gasteiger partial charge in [-0.2, -0.15) is 0 Å². The van der Waals surface area contributed by atoms with Crippen LogP contribution in [0, 0.1) is 0 Å². The quantitative estimate of drug-likeness (QED) is 0.759. The Hall–Kier alpha value is -0.130. The van der Waals surface area contributed by atoms with Crippen LogP contribution in [0.3, 0.4) is 0 Å². The van der Waals surface area contributed by atoms with E-state index in [0.29, 0.717) is 0 Å². The highest BCUT2D eigenvalue weighted by atomic mass is 32.2. The molecule has 1 aliphatic heterocycles. The zero-order valence-corrected chi connectivity index (χ0v) is 10.8. The zero-order valence-electron chi connectivity index (χ0n) is 10.0. The fourth-order valence-corrected chi connectivity index (χ4v) is 3.89. The lowest BCUT2D eigenvalue weighted by atomic mass is 9.96. The molecule has 0 saturated carbocycles. The number of sulfone groups is 1. The third-order valence-electron chi connectivity index (χ3n) is 3.68. The predicted octanol–water partition coefficient (Wildman–Crippen LogP) is 0.231. The molecule has 2 unspecified atom stereocenters. The zero-order chi connectivity index (χ0) is 11.9. The third-order valence-corrected chi connectivity index (χ3v) is 5.42. The molecular formula is C10H22N2O2S. The summed E-state index contributed by atoms with van der Waals surface area (Å²) in [6.45, 7) is 6.33. The van der Waals surface area contributed by atoms with Gasteiger partial charge in [-0.1, -0.05) is 6.92 Å². The van der Waals surface area contributed by atoms with Crippen molar-refractivity contribution in [1.82, 2.24) is 4.90 Å². The van der Waals surface area contributed by atoms with Crippen molar-refractivity contribution in [3.63, 3.8) is 0 Å². The van der Waals surface area contributed by atoms with Crippen molar-refractivity contribution in [3.8, 4) is 0 Å². The van der Waals surface area contributed by atoms with Crippen LogP contribution in [-0.2, 0) is 9.84 Å². The molecule has 0 aromatic heterocycles. The molecule has 1 rings (SSSR count). The molecule has 0 aromatic carbocycles. The van der Waals surface area contributed by atoms with Crippen LogP contribution in [-0.4, -0.2) is 49.5 Å². The molecule has 1 aliphatic rings. The highest BCUT2D eigenvalue weighted by Crippen LogP contribution is 2.25. The predicted molar refractivity (Wildman–Crippen MR) is 62.6 cm³/mol. The van der Waals surface area contributed by atoms with Crippen LogP contribution in [0.25, 0.3) is 0 Å². The summed E-state index contributed by atoms with van der Waals surface area (Å²) in [5.41, 5.74) is 5.89. The van der Waals surface area contributed by atoms with Crippen LogP contribution >= 0.6 is 0 Å². The minimum absolute atomic E-state index is 0.00213. The molecule has 2 N–H and O–H groups in total. The summed E-state index contributed by atoms with van der Waals surface area (Å²) in [5.74, 6) is 0.329. The fourth-order valence-electron chi connectivity index (χ4n) is 1.95. The van der Waals surface area contributed by atoms with Gasteiger partial charge >= 0.3 is 0 Å². The van der Waals surface area contributed by atoms with Crippen molar-refractivity contribution in [3.05, 3.63) is 0 Å². The standard InChI is InChI=1S/C10H22N2O2S/c1-5-10(2,3)12(4)9-7-15(13,14)6-8(9)11/h8-9H,5-7,11H2,1-4H3. The molecule has 0 aliphatic carbocycles. The van der Waals surface area contributed by atoms with Crippen molar-refractivity contribution in [1.29, 1.82) is 0 Å². The van der Waals surface area contributed by atoms with E-state index >= 15 is 0 Å². The molecule has 0 amide bonds. The highest BCUT2D eigenvalue weighted by Gasteiger charge is 2.41. The van der Waals surface area contributed by atoms with E-state index in [1.165, 1.54) is 0 Å². The smallest absolute Gasteiger partial charge is 0.153 e. The Morgan fingerprint density at radius 2 is 1.93 bits per heavy atom. The molecule has 2 atom stereocenters. The number of nitrogens with two attached hydrogens (primary N) is 1. The van der Waals surface area contributed by atoms with E-state index in [4.69, 9.17) is 5.73 Å². The topological polar surface area (TPSA) is 63.4 Å². The van der Waals surface area contributed by atoms with Gasteiger partial charge in [0.15, 0.2) is 9.84 Å². The number of hydrogen-bond donors (Lipinski definition) is 1. The van der Waals surface area contributed by atoms with E-state index in [1.807, 2.05) is 7.05 Å². The van der Waals surface area contributed by atoms with Gasteiger partial charge in [-0.25, -0.2) is 8.42 Å². The van der Waals surface area contributed by atoms with Crippen LogP contribution in [0.1, 0.15) is 27.2 Å².